The standard InChI is InChI=1S/C10H20N2O4/c1-6(2)8(11)9(14)12-7(4-5-13)10(15)16-3/h6-8,13H,4-5,11H2,1-3H3,(H,12,14)/t7-,8-/m0/s1. The van der Waals surface area contributed by atoms with Crippen LogP contribution in [0, 0.1) is 5.92 Å². The number of nitrogens with two attached hydrogens (primary N) is 1. The molecule has 0 fully saturated rings. The van der Waals surface area contributed by atoms with Gasteiger partial charge >= 0.3 is 5.97 Å². The van der Waals surface area contributed by atoms with Gasteiger partial charge in [-0.1, -0.05) is 13.8 Å². The molecule has 2 atom stereocenters. The van der Waals surface area contributed by atoms with Gasteiger partial charge in [0.05, 0.1) is 13.2 Å². The number of esters is 1. The molecule has 0 unspecified atom stereocenters. The average Bonchev–Trinajstić information content (AvgIpc) is 2.25. The van der Waals surface area contributed by atoms with E-state index in [-0.39, 0.29) is 18.9 Å². The van der Waals surface area contributed by atoms with E-state index in [0.29, 0.717) is 0 Å². The van der Waals surface area contributed by atoms with Gasteiger partial charge in [0.25, 0.3) is 0 Å². The smallest absolute Gasteiger partial charge is 0.328 e. The molecule has 0 spiro atoms. The van der Waals surface area contributed by atoms with Gasteiger partial charge in [0.1, 0.15) is 6.04 Å². The van der Waals surface area contributed by atoms with Crippen LogP contribution in [0.1, 0.15) is 20.3 Å². The fourth-order valence-electron chi connectivity index (χ4n) is 1.09. The molecule has 0 radical (unpaired) electrons. The predicted molar refractivity (Wildman–Crippen MR) is 58.5 cm³/mol. The summed E-state index contributed by atoms with van der Waals surface area (Å²) in [5, 5.41) is 11.2. The van der Waals surface area contributed by atoms with Crippen LogP contribution in [0.4, 0.5) is 0 Å². The Kier molecular flexibility index (Phi) is 6.67. The Morgan fingerprint density at radius 3 is 2.38 bits per heavy atom. The zero-order chi connectivity index (χ0) is 12.7. The Bertz CT molecular complexity index is 243. The minimum absolute atomic E-state index is 0.0209. The summed E-state index contributed by atoms with van der Waals surface area (Å²) < 4.78 is 4.50. The van der Waals surface area contributed by atoms with Crippen LogP contribution < -0.4 is 11.1 Å². The van der Waals surface area contributed by atoms with Crippen LogP contribution in [0.2, 0.25) is 0 Å². The largest absolute Gasteiger partial charge is 0.467 e. The van der Waals surface area contributed by atoms with Crippen molar-refractivity contribution in [1.82, 2.24) is 5.32 Å². The van der Waals surface area contributed by atoms with Gasteiger partial charge in [0, 0.05) is 13.0 Å². The Balaban J connectivity index is 4.39. The van der Waals surface area contributed by atoms with E-state index in [2.05, 4.69) is 10.1 Å². The van der Waals surface area contributed by atoms with Crippen molar-refractivity contribution in [3.8, 4) is 0 Å². The number of methoxy groups -OCH3 is 1. The van der Waals surface area contributed by atoms with E-state index >= 15 is 0 Å². The number of amides is 1. The molecular weight excluding hydrogens is 212 g/mol. The second-order valence-electron chi connectivity index (χ2n) is 3.87. The van der Waals surface area contributed by atoms with E-state index in [4.69, 9.17) is 10.8 Å². The third-order valence-electron chi connectivity index (χ3n) is 2.24. The van der Waals surface area contributed by atoms with E-state index in [9.17, 15) is 9.59 Å². The monoisotopic (exact) mass is 232 g/mol. The van der Waals surface area contributed by atoms with Crippen LogP contribution in [0.25, 0.3) is 0 Å². The number of carbonyl (C=O) groups excluding carboxylic acids is 2. The number of aliphatic hydroxyl groups is 1. The molecule has 6 nitrogen and oxygen atoms in total. The summed E-state index contributed by atoms with van der Waals surface area (Å²) in [5.41, 5.74) is 5.62. The number of rotatable bonds is 6. The van der Waals surface area contributed by atoms with Gasteiger partial charge in [0.15, 0.2) is 0 Å². The highest BCUT2D eigenvalue weighted by atomic mass is 16.5. The normalized spacial score (nSPS) is 14.4. The lowest BCUT2D eigenvalue weighted by atomic mass is 10.0. The third kappa shape index (κ3) is 4.59. The number of ether oxygens (including phenoxy) is 1. The molecule has 0 aromatic rings. The highest BCUT2D eigenvalue weighted by Gasteiger charge is 2.25. The molecule has 0 aliphatic heterocycles. The quantitative estimate of drug-likeness (QED) is 0.510. The second-order valence-corrected chi connectivity index (χ2v) is 3.87. The molecule has 0 aliphatic carbocycles. The van der Waals surface area contributed by atoms with Gasteiger partial charge in [-0.25, -0.2) is 4.79 Å². The molecule has 0 heterocycles. The molecule has 0 aliphatic rings. The molecule has 6 heteroatoms. The van der Waals surface area contributed by atoms with Crippen molar-refractivity contribution >= 4 is 11.9 Å². The minimum atomic E-state index is -0.840. The molecule has 16 heavy (non-hydrogen) atoms. The Hall–Kier alpha value is -1.14. The topological polar surface area (TPSA) is 102 Å². The zero-order valence-electron chi connectivity index (χ0n) is 9.90. The van der Waals surface area contributed by atoms with Crippen molar-refractivity contribution < 1.29 is 19.4 Å². The SMILES string of the molecule is COC(=O)[C@H](CCO)NC(=O)[C@@H](N)C(C)C. The zero-order valence-corrected chi connectivity index (χ0v) is 9.90. The first-order valence-corrected chi connectivity index (χ1v) is 5.18. The van der Waals surface area contributed by atoms with Crippen LogP contribution in [0.5, 0.6) is 0 Å². The molecule has 94 valence electrons. The van der Waals surface area contributed by atoms with Crippen molar-refractivity contribution in [2.24, 2.45) is 11.7 Å². The molecule has 0 rings (SSSR count). The van der Waals surface area contributed by atoms with Gasteiger partial charge in [-0.2, -0.15) is 0 Å². The Labute approximate surface area is 95.1 Å². The van der Waals surface area contributed by atoms with Gasteiger partial charge in [-0.05, 0) is 5.92 Å². The molecular formula is C10H20N2O4. The lowest BCUT2D eigenvalue weighted by Gasteiger charge is -2.20. The van der Waals surface area contributed by atoms with Crippen molar-refractivity contribution in [1.29, 1.82) is 0 Å². The summed E-state index contributed by atoms with van der Waals surface area (Å²) in [5.74, 6) is -1.02. The molecule has 0 bridgehead atoms. The van der Waals surface area contributed by atoms with Gasteiger partial charge in [-0.3, -0.25) is 4.79 Å². The first kappa shape index (κ1) is 14.9. The van der Waals surface area contributed by atoms with E-state index in [1.807, 2.05) is 13.8 Å². The number of nitrogens with one attached hydrogen (secondary N) is 1. The van der Waals surface area contributed by atoms with Crippen molar-refractivity contribution in [2.45, 2.75) is 32.4 Å². The second kappa shape index (κ2) is 7.19. The number of hydrogen-bond donors (Lipinski definition) is 3. The number of aliphatic hydroxyl groups excluding tert-OH is 1. The third-order valence-corrected chi connectivity index (χ3v) is 2.24. The molecule has 0 saturated carbocycles. The molecule has 4 N–H and O–H groups in total. The summed E-state index contributed by atoms with van der Waals surface area (Å²) in [7, 11) is 1.22. The van der Waals surface area contributed by atoms with Crippen LogP contribution in [0.3, 0.4) is 0 Å². The van der Waals surface area contributed by atoms with Crippen LogP contribution in [-0.4, -0.2) is 42.8 Å². The van der Waals surface area contributed by atoms with Gasteiger partial charge in [0.2, 0.25) is 5.91 Å². The lowest BCUT2D eigenvalue weighted by molar-refractivity contribution is -0.145. The van der Waals surface area contributed by atoms with Gasteiger partial charge in [-0.15, -0.1) is 0 Å². The molecule has 0 aromatic carbocycles. The maximum absolute atomic E-state index is 11.6. The van der Waals surface area contributed by atoms with Gasteiger partial charge < -0.3 is 20.9 Å². The van der Waals surface area contributed by atoms with Crippen LogP contribution in [0.15, 0.2) is 0 Å². The molecule has 0 saturated heterocycles. The first-order chi connectivity index (χ1) is 7.43. The van der Waals surface area contributed by atoms with Crippen molar-refractivity contribution in [2.75, 3.05) is 13.7 Å². The van der Waals surface area contributed by atoms with E-state index in [1.54, 1.807) is 0 Å². The Morgan fingerprint density at radius 2 is 2.00 bits per heavy atom. The molecule has 1 amide bonds. The maximum atomic E-state index is 11.6. The summed E-state index contributed by atoms with van der Waals surface area (Å²) in [6.45, 7) is 3.41. The van der Waals surface area contributed by atoms with E-state index in [0.717, 1.165) is 0 Å². The first-order valence-electron chi connectivity index (χ1n) is 5.18. The van der Waals surface area contributed by atoms with E-state index < -0.39 is 24.0 Å². The number of hydrogen-bond acceptors (Lipinski definition) is 5. The highest BCUT2D eigenvalue weighted by Crippen LogP contribution is 2.01. The highest BCUT2D eigenvalue weighted by molar-refractivity contribution is 5.87. The fourth-order valence-corrected chi connectivity index (χ4v) is 1.09. The average molecular weight is 232 g/mol. The van der Waals surface area contributed by atoms with Crippen molar-refractivity contribution in [3.05, 3.63) is 0 Å². The summed E-state index contributed by atoms with van der Waals surface area (Å²) in [4.78, 5) is 22.8. The van der Waals surface area contributed by atoms with E-state index in [1.165, 1.54) is 7.11 Å². The predicted octanol–water partition coefficient (Wildman–Crippen LogP) is -0.990. The summed E-state index contributed by atoms with van der Waals surface area (Å²) in [6, 6.07) is -1.52. The lowest BCUT2D eigenvalue weighted by Crippen LogP contribution is -2.50. The Morgan fingerprint density at radius 1 is 1.44 bits per heavy atom. The maximum Gasteiger partial charge on any atom is 0.328 e. The van der Waals surface area contributed by atoms with Crippen molar-refractivity contribution in [3.63, 3.8) is 0 Å². The minimum Gasteiger partial charge on any atom is -0.467 e. The number of carbonyl (C=O) groups is 2. The van der Waals surface area contributed by atoms with Crippen LogP contribution >= 0.6 is 0 Å². The summed E-state index contributed by atoms with van der Waals surface area (Å²) in [6.07, 6.45) is 0.114. The molecule has 0 aromatic heterocycles. The van der Waals surface area contributed by atoms with Crippen LogP contribution in [-0.2, 0) is 14.3 Å². The fraction of sp³-hybridized carbons (Fsp3) is 0.800. The summed E-state index contributed by atoms with van der Waals surface area (Å²) >= 11 is 0.